The summed E-state index contributed by atoms with van der Waals surface area (Å²) in [6.07, 6.45) is 6.58. The van der Waals surface area contributed by atoms with E-state index in [2.05, 4.69) is 20.8 Å². The van der Waals surface area contributed by atoms with E-state index in [1.54, 1.807) is 0 Å². The Kier molecular flexibility index (Phi) is 13.8. The first-order chi connectivity index (χ1) is 4.27. The number of rotatable bonds is 5. The van der Waals surface area contributed by atoms with Crippen LogP contribution in [-0.4, -0.2) is 0 Å². The molecule has 0 nitrogen and oxygen atoms in total. The number of unbranched alkanes of at least 4 members (excludes halogenated alkanes) is 3. The minimum absolute atomic E-state index is 0. The summed E-state index contributed by atoms with van der Waals surface area (Å²) >= 11 is 0. The standard InChI is InChI=1S/C9H19.Y/c1-4-5-6-7-8-9(2)3;/h9H,1,4-8H2,2-3H3;/q-1;. The van der Waals surface area contributed by atoms with Crippen LogP contribution in [0.2, 0.25) is 0 Å². The van der Waals surface area contributed by atoms with Gasteiger partial charge in [-0.25, -0.2) is 0 Å². The minimum Gasteiger partial charge on any atom is -0.343 e. The predicted molar refractivity (Wildman–Crippen MR) is 43.3 cm³/mol. The van der Waals surface area contributed by atoms with Gasteiger partial charge in [-0.05, 0) is 5.92 Å². The van der Waals surface area contributed by atoms with Crippen LogP contribution in [-0.2, 0) is 32.7 Å². The second-order valence-corrected chi connectivity index (χ2v) is 3.10. The largest absolute Gasteiger partial charge is 0.343 e. The Balaban J connectivity index is 0. The Morgan fingerprint density at radius 2 is 1.70 bits per heavy atom. The van der Waals surface area contributed by atoms with Gasteiger partial charge in [0.25, 0.3) is 0 Å². The van der Waals surface area contributed by atoms with Gasteiger partial charge >= 0.3 is 0 Å². The van der Waals surface area contributed by atoms with Crippen LogP contribution in [0.3, 0.4) is 0 Å². The normalized spacial score (nSPS) is 9.60. The van der Waals surface area contributed by atoms with Gasteiger partial charge in [0.05, 0.1) is 0 Å². The van der Waals surface area contributed by atoms with Crippen LogP contribution in [0.4, 0.5) is 0 Å². The van der Waals surface area contributed by atoms with Gasteiger partial charge in [-0.2, -0.15) is 6.42 Å². The summed E-state index contributed by atoms with van der Waals surface area (Å²) in [5, 5.41) is 0. The molecule has 0 N–H and O–H groups in total. The van der Waals surface area contributed by atoms with E-state index in [-0.39, 0.29) is 32.7 Å². The summed E-state index contributed by atoms with van der Waals surface area (Å²) in [6.45, 7) is 8.37. The van der Waals surface area contributed by atoms with E-state index >= 15 is 0 Å². The van der Waals surface area contributed by atoms with Crippen molar-refractivity contribution in [1.82, 2.24) is 0 Å². The molecule has 0 aliphatic rings. The third kappa shape index (κ3) is 11.8. The number of hydrogen-bond acceptors (Lipinski definition) is 0. The monoisotopic (exact) mass is 216 g/mol. The van der Waals surface area contributed by atoms with E-state index in [9.17, 15) is 0 Å². The summed E-state index contributed by atoms with van der Waals surface area (Å²) in [5.41, 5.74) is 0. The van der Waals surface area contributed by atoms with Crippen molar-refractivity contribution in [1.29, 1.82) is 0 Å². The Morgan fingerprint density at radius 1 is 1.10 bits per heavy atom. The maximum Gasteiger partial charge on any atom is 0 e. The fraction of sp³-hybridized carbons (Fsp3) is 0.889. The maximum absolute atomic E-state index is 3.80. The van der Waals surface area contributed by atoms with Crippen molar-refractivity contribution >= 4 is 0 Å². The van der Waals surface area contributed by atoms with Gasteiger partial charge in [0.1, 0.15) is 0 Å². The Hall–Kier alpha value is 1.10. The van der Waals surface area contributed by atoms with Gasteiger partial charge in [0, 0.05) is 32.7 Å². The summed E-state index contributed by atoms with van der Waals surface area (Å²) in [7, 11) is 0. The molecule has 0 spiro atoms. The molecule has 0 rings (SSSR count). The number of hydrogen-bond donors (Lipinski definition) is 0. The van der Waals surface area contributed by atoms with Crippen molar-refractivity contribution < 1.29 is 32.7 Å². The molecular formula is C9H19Y-. The zero-order valence-corrected chi connectivity index (χ0v) is 10.2. The smallest absolute Gasteiger partial charge is 0 e. The molecule has 1 heteroatoms. The minimum atomic E-state index is 0. The molecule has 0 fully saturated rings. The molecule has 0 saturated heterocycles. The topological polar surface area (TPSA) is 0 Å². The van der Waals surface area contributed by atoms with Crippen molar-refractivity contribution in [2.75, 3.05) is 0 Å². The van der Waals surface area contributed by atoms with E-state index in [1.807, 2.05) is 0 Å². The molecule has 0 amide bonds. The molecule has 0 atom stereocenters. The molecule has 10 heavy (non-hydrogen) atoms. The van der Waals surface area contributed by atoms with Crippen LogP contribution in [0.25, 0.3) is 0 Å². The third-order valence-electron chi connectivity index (χ3n) is 1.53. The first-order valence-electron chi connectivity index (χ1n) is 4.06. The molecule has 0 aromatic rings. The molecule has 0 aromatic carbocycles. The molecule has 0 bridgehead atoms. The van der Waals surface area contributed by atoms with Crippen LogP contribution in [0, 0.1) is 12.8 Å². The average Bonchev–Trinajstić information content (AvgIpc) is 1.80. The molecule has 0 saturated carbocycles. The van der Waals surface area contributed by atoms with Gasteiger partial charge in [0.2, 0.25) is 0 Å². The van der Waals surface area contributed by atoms with E-state index in [0.717, 1.165) is 12.3 Å². The van der Waals surface area contributed by atoms with E-state index in [0.29, 0.717) is 0 Å². The Morgan fingerprint density at radius 3 is 2.10 bits per heavy atom. The van der Waals surface area contributed by atoms with Crippen molar-refractivity contribution in [3.05, 3.63) is 6.92 Å². The summed E-state index contributed by atoms with van der Waals surface area (Å²) in [4.78, 5) is 0. The second kappa shape index (κ2) is 10.1. The molecule has 1 radical (unpaired) electrons. The third-order valence-corrected chi connectivity index (χ3v) is 1.53. The first-order valence-corrected chi connectivity index (χ1v) is 4.06. The van der Waals surface area contributed by atoms with Crippen molar-refractivity contribution in [3.8, 4) is 0 Å². The Labute approximate surface area is 91.0 Å². The summed E-state index contributed by atoms with van der Waals surface area (Å²) < 4.78 is 0. The van der Waals surface area contributed by atoms with Gasteiger partial charge in [-0.3, -0.25) is 0 Å². The summed E-state index contributed by atoms with van der Waals surface area (Å²) in [5.74, 6) is 0.884. The zero-order valence-electron chi connectivity index (χ0n) is 7.40. The van der Waals surface area contributed by atoms with E-state index < -0.39 is 0 Å². The van der Waals surface area contributed by atoms with Crippen molar-refractivity contribution in [2.45, 2.75) is 46.0 Å². The van der Waals surface area contributed by atoms with Crippen LogP contribution in [0.1, 0.15) is 46.0 Å². The zero-order chi connectivity index (χ0) is 7.11. The molecule has 0 heterocycles. The van der Waals surface area contributed by atoms with E-state index in [1.165, 1.54) is 25.7 Å². The summed E-state index contributed by atoms with van der Waals surface area (Å²) in [6, 6.07) is 0. The molecule has 0 aliphatic carbocycles. The first kappa shape index (κ1) is 13.7. The van der Waals surface area contributed by atoms with Gasteiger partial charge in [-0.15, -0.1) is 0 Å². The predicted octanol–water partition coefficient (Wildman–Crippen LogP) is 3.42. The average molecular weight is 216 g/mol. The van der Waals surface area contributed by atoms with Crippen LogP contribution in [0.5, 0.6) is 0 Å². The molecule has 0 aliphatic heterocycles. The van der Waals surface area contributed by atoms with E-state index in [4.69, 9.17) is 0 Å². The van der Waals surface area contributed by atoms with Gasteiger partial charge < -0.3 is 6.92 Å². The quantitative estimate of drug-likeness (QED) is 0.488. The molecule has 59 valence electrons. The second-order valence-electron chi connectivity index (χ2n) is 3.10. The van der Waals surface area contributed by atoms with Gasteiger partial charge in [-0.1, -0.05) is 39.5 Å². The van der Waals surface area contributed by atoms with Gasteiger partial charge in [0.15, 0.2) is 0 Å². The van der Waals surface area contributed by atoms with Crippen LogP contribution in [0.15, 0.2) is 0 Å². The molecular weight excluding hydrogens is 197 g/mol. The van der Waals surface area contributed by atoms with Crippen molar-refractivity contribution in [2.24, 2.45) is 5.92 Å². The Bertz CT molecular complexity index is 50.7. The van der Waals surface area contributed by atoms with Crippen LogP contribution < -0.4 is 0 Å². The fourth-order valence-electron chi connectivity index (χ4n) is 0.906. The molecule has 0 aromatic heterocycles. The fourth-order valence-corrected chi connectivity index (χ4v) is 0.906. The van der Waals surface area contributed by atoms with Crippen molar-refractivity contribution in [3.63, 3.8) is 0 Å². The maximum atomic E-state index is 3.80. The van der Waals surface area contributed by atoms with Crippen LogP contribution >= 0.6 is 0 Å². The SMILES string of the molecule is [CH2-]CCCCCC(C)C.[Y]. The molecule has 0 unspecified atom stereocenters.